The van der Waals surface area contributed by atoms with Crippen LogP contribution in [-0.4, -0.2) is 7.11 Å². The monoisotopic (exact) mass is 231 g/mol. The van der Waals surface area contributed by atoms with Crippen LogP contribution in [0.1, 0.15) is 22.6 Å². The maximum Gasteiger partial charge on any atom is 0.121 e. The van der Waals surface area contributed by atoms with Crippen molar-refractivity contribution in [2.75, 3.05) is 7.11 Å². The highest BCUT2D eigenvalue weighted by atomic mass is 16.5. The SMILES string of the molecule is COc1ccc(Cc2ccc(CN)o2)cc1C. The summed E-state index contributed by atoms with van der Waals surface area (Å²) in [5, 5.41) is 0. The second kappa shape index (κ2) is 5.06. The van der Waals surface area contributed by atoms with E-state index in [1.807, 2.05) is 25.1 Å². The fraction of sp³-hybridized carbons (Fsp3) is 0.286. The average Bonchev–Trinajstić information content (AvgIpc) is 2.77. The summed E-state index contributed by atoms with van der Waals surface area (Å²) in [5.74, 6) is 2.68. The molecular formula is C14H17NO2. The Kier molecular flexibility index (Phi) is 3.49. The predicted octanol–water partition coefficient (Wildman–Crippen LogP) is 2.65. The van der Waals surface area contributed by atoms with Gasteiger partial charge in [0.25, 0.3) is 0 Å². The van der Waals surface area contributed by atoms with Crippen LogP contribution in [0.15, 0.2) is 34.7 Å². The molecule has 2 rings (SSSR count). The van der Waals surface area contributed by atoms with E-state index in [9.17, 15) is 0 Å². The van der Waals surface area contributed by atoms with Gasteiger partial charge in [-0.05, 0) is 36.2 Å². The molecule has 0 aliphatic carbocycles. The van der Waals surface area contributed by atoms with Crippen LogP contribution >= 0.6 is 0 Å². The summed E-state index contributed by atoms with van der Waals surface area (Å²) >= 11 is 0. The lowest BCUT2D eigenvalue weighted by molar-refractivity contribution is 0.411. The molecule has 0 radical (unpaired) electrons. The molecule has 0 amide bonds. The first kappa shape index (κ1) is 11.7. The normalized spacial score (nSPS) is 10.5. The third-order valence-corrected chi connectivity index (χ3v) is 2.76. The molecule has 2 aromatic rings. The number of hydrogen-bond donors (Lipinski definition) is 1. The third kappa shape index (κ3) is 2.68. The van der Waals surface area contributed by atoms with Crippen molar-refractivity contribution in [3.63, 3.8) is 0 Å². The minimum atomic E-state index is 0.446. The van der Waals surface area contributed by atoms with Gasteiger partial charge in [-0.3, -0.25) is 0 Å². The molecule has 0 spiro atoms. The van der Waals surface area contributed by atoms with Crippen LogP contribution in [0.2, 0.25) is 0 Å². The van der Waals surface area contributed by atoms with E-state index in [1.165, 1.54) is 5.56 Å². The number of furan rings is 1. The van der Waals surface area contributed by atoms with Crippen LogP contribution in [-0.2, 0) is 13.0 Å². The van der Waals surface area contributed by atoms with E-state index < -0.39 is 0 Å². The van der Waals surface area contributed by atoms with E-state index in [2.05, 4.69) is 12.1 Å². The predicted molar refractivity (Wildman–Crippen MR) is 67.1 cm³/mol. The molecule has 0 atom stereocenters. The molecule has 0 unspecified atom stereocenters. The number of hydrogen-bond acceptors (Lipinski definition) is 3. The highest BCUT2D eigenvalue weighted by molar-refractivity contribution is 5.37. The van der Waals surface area contributed by atoms with Gasteiger partial charge in [-0.1, -0.05) is 12.1 Å². The summed E-state index contributed by atoms with van der Waals surface area (Å²) in [6.45, 7) is 2.48. The first-order valence-electron chi connectivity index (χ1n) is 5.64. The third-order valence-electron chi connectivity index (χ3n) is 2.76. The Morgan fingerprint density at radius 2 is 1.94 bits per heavy atom. The van der Waals surface area contributed by atoms with Crippen molar-refractivity contribution in [3.05, 3.63) is 53.0 Å². The van der Waals surface area contributed by atoms with Crippen molar-refractivity contribution < 1.29 is 9.15 Å². The summed E-state index contributed by atoms with van der Waals surface area (Å²) in [6.07, 6.45) is 0.783. The number of methoxy groups -OCH3 is 1. The lowest BCUT2D eigenvalue weighted by Gasteiger charge is -2.06. The molecule has 1 heterocycles. The second-order valence-electron chi connectivity index (χ2n) is 4.05. The van der Waals surface area contributed by atoms with Crippen molar-refractivity contribution in [1.82, 2.24) is 0 Å². The van der Waals surface area contributed by atoms with Gasteiger partial charge in [0, 0.05) is 6.42 Å². The average molecular weight is 231 g/mol. The number of rotatable bonds is 4. The van der Waals surface area contributed by atoms with E-state index in [4.69, 9.17) is 14.9 Å². The Hall–Kier alpha value is -1.74. The van der Waals surface area contributed by atoms with E-state index in [-0.39, 0.29) is 0 Å². The standard InChI is InChI=1S/C14H17NO2/c1-10-7-11(3-6-14(10)16-2)8-12-4-5-13(9-15)17-12/h3-7H,8-9,15H2,1-2H3. The zero-order valence-electron chi connectivity index (χ0n) is 10.2. The lowest BCUT2D eigenvalue weighted by atomic mass is 10.1. The van der Waals surface area contributed by atoms with Gasteiger partial charge in [0.2, 0.25) is 0 Å². The van der Waals surface area contributed by atoms with Crippen molar-refractivity contribution in [2.24, 2.45) is 5.73 Å². The highest BCUT2D eigenvalue weighted by Crippen LogP contribution is 2.21. The molecule has 0 aliphatic rings. The molecule has 3 nitrogen and oxygen atoms in total. The van der Waals surface area contributed by atoms with Gasteiger partial charge in [-0.2, -0.15) is 0 Å². The molecular weight excluding hydrogens is 214 g/mol. The number of ether oxygens (including phenoxy) is 1. The Labute approximate surface area is 101 Å². The largest absolute Gasteiger partial charge is 0.496 e. The van der Waals surface area contributed by atoms with E-state index in [1.54, 1.807) is 7.11 Å². The van der Waals surface area contributed by atoms with Gasteiger partial charge in [-0.15, -0.1) is 0 Å². The van der Waals surface area contributed by atoms with E-state index >= 15 is 0 Å². The van der Waals surface area contributed by atoms with Crippen LogP contribution in [0.4, 0.5) is 0 Å². The van der Waals surface area contributed by atoms with E-state index in [0.29, 0.717) is 6.54 Å². The molecule has 2 N–H and O–H groups in total. The zero-order valence-corrected chi connectivity index (χ0v) is 10.2. The van der Waals surface area contributed by atoms with Gasteiger partial charge in [0.1, 0.15) is 17.3 Å². The number of benzene rings is 1. The summed E-state index contributed by atoms with van der Waals surface area (Å²) in [7, 11) is 1.68. The maximum atomic E-state index is 5.58. The minimum absolute atomic E-state index is 0.446. The zero-order chi connectivity index (χ0) is 12.3. The molecule has 1 aromatic heterocycles. The lowest BCUT2D eigenvalue weighted by Crippen LogP contribution is -1.93. The Bertz CT molecular complexity index is 503. The van der Waals surface area contributed by atoms with Crippen LogP contribution < -0.4 is 10.5 Å². The van der Waals surface area contributed by atoms with Crippen molar-refractivity contribution in [2.45, 2.75) is 19.9 Å². The van der Waals surface area contributed by atoms with Crippen LogP contribution in [0.25, 0.3) is 0 Å². The van der Waals surface area contributed by atoms with Gasteiger partial charge < -0.3 is 14.9 Å². The maximum absolute atomic E-state index is 5.58. The van der Waals surface area contributed by atoms with Crippen molar-refractivity contribution >= 4 is 0 Å². The van der Waals surface area contributed by atoms with Gasteiger partial charge in [0.05, 0.1) is 13.7 Å². The molecule has 0 fully saturated rings. The van der Waals surface area contributed by atoms with Gasteiger partial charge >= 0.3 is 0 Å². The van der Waals surface area contributed by atoms with Gasteiger partial charge in [0.15, 0.2) is 0 Å². The first-order chi connectivity index (χ1) is 8.22. The Balaban J connectivity index is 2.15. The van der Waals surface area contributed by atoms with E-state index in [0.717, 1.165) is 29.3 Å². The van der Waals surface area contributed by atoms with Crippen LogP contribution in [0, 0.1) is 6.92 Å². The molecule has 90 valence electrons. The summed E-state index contributed by atoms with van der Waals surface area (Å²) in [4.78, 5) is 0. The fourth-order valence-electron chi connectivity index (χ4n) is 1.88. The minimum Gasteiger partial charge on any atom is -0.496 e. The fourth-order valence-corrected chi connectivity index (χ4v) is 1.88. The highest BCUT2D eigenvalue weighted by Gasteiger charge is 2.04. The van der Waals surface area contributed by atoms with Crippen LogP contribution in [0.5, 0.6) is 5.75 Å². The molecule has 0 saturated heterocycles. The quantitative estimate of drug-likeness (QED) is 0.880. The van der Waals surface area contributed by atoms with Crippen LogP contribution in [0.3, 0.4) is 0 Å². The Morgan fingerprint density at radius 1 is 1.18 bits per heavy atom. The first-order valence-corrected chi connectivity index (χ1v) is 5.64. The molecule has 1 aromatic carbocycles. The summed E-state index contributed by atoms with van der Waals surface area (Å²) in [5.41, 5.74) is 7.85. The van der Waals surface area contributed by atoms with Gasteiger partial charge in [-0.25, -0.2) is 0 Å². The van der Waals surface area contributed by atoms with Crippen molar-refractivity contribution in [3.8, 4) is 5.75 Å². The summed E-state index contributed by atoms with van der Waals surface area (Å²) < 4.78 is 10.8. The molecule has 17 heavy (non-hydrogen) atoms. The molecule has 0 saturated carbocycles. The number of aryl methyl sites for hydroxylation is 1. The summed E-state index contributed by atoms with van der Waals surface area (Å²) in [6, 6.07) is 10.0. The Morgan fingerprint density at radius 3 is 2.53 bits per heavy atom. The molecule has 0 bridgehead atoms. The topological polar surface area (TPSA) is 48.4 Å². The smallest absolute Gasteiger partial charge is 0.121 e. The molecule has 0 aliphatic heterocycles. The number of nitrogens with two attached hydrogens (primary N) is 1. The molecule has 3 heteroatoms. The van der Waals surface area contributed by atoms with Crippen molar-refractivity contribution in [1.29, 1.82) is 0 Å². The second-order valence-corrected chi connectivity index (χ2v) is 4.05.